The Labute approximate surface area is 199 Å². The maximum Gasteiger partial charge on any atom is 0.407 e. The molecule has 1 unspecified atom stereocenters. The van der Waals surface area contributed by atoms with Crippen LogP contribution < -0.4 is 10.8 Å². The number of carboxylic acids is 1. The van der Waals surface area contributed by atoms with E-state index in [0.29, 0.717) is 13.0 Å². The normalized spacial score (nSPS) is 13.0. The molecule has 0 bridgehead atoms. The first kappa shape index (κ1) is 25.2. The number of carboxylic acid groups (broad SMARTS) is 1. The third-order valence-electron chi connectivity index (χ3n) is 6.02. The summed E-state index contributed by atoms with van der Waals surface area (Å²) < 4.78 is 5.56. The van der Waals surface area contributed by atoms with Gasteiger partial charge in [-0.05, 0) is 41.0 Å². The SMILES string of the molecule is CCCC(CCNC(=O)OCC1c2ccccc2-c2ccccc21)CCC(=O)NOCC(=O)O. The molecule has 34 heavy (non-hydrogen) atoms. The number of benzene rings is 2. The van der Waals surface area contributed by atoms with Crippen LogP contribution in [-0.4, -0.2) is 42.8 Å². The van der Waals surface area contributed by atoms with E-state index in [1.165, 1.54) is 22.3 Å². The first-order valence-electron chi connectivity index (χ1n) is 11.7. The molecule has 0 radical (unpaired) electrons. The lowest BCUT2D eigenvalue weighted by Crippen LogP contribution is -2.29. The highest BCUT2D eigenvalue weighted by molar-refractivity contribution is 5.79. The van der Waals surface area contributed by atoms with Gasteiger partial charge in [0.25, 0.3) is 0 Å². The standard InChI is InChI=1S/C26H32N2O6/c1-2-7-18(12-13-24(29)28-34-17-25(30)31)14-15-27-26(32)33-16-23-21-10-5-3-8-19(21)20-9-4-6-11-22(20)23/h3-6,8-11,18,23H,2,7,12-17H2,1H3,(H,27,32)(H,28,29)(H,30,31). The van der Waals surface area contributed by atoms with Crippen molar-refractivity contribution in [3.8, 4) is 11.1 Å². The second-order valence-corrected chi connectivity index (χ2v) is 8.44. The van der Waals surface area contributed by atoms with E-state index in [1.54, 1.807) is 0 Å². The lowest BCUT2D eigenvalue weighted by Gasteiger charge is -2.17. The minimum atomic E-state index is -1.15. The Bertz CT molecular complexity index is 947. The van der Waals surface area contributed by atoms with Gasteiger partial charge in [0.15, 0.2) is 6.61 Å². The largest absolute Gasteiger partial charge is 0.479 e. The second kappa shape index (κ2) is 12.7. The zero-order valence-electron chi connectivity index (χ0n) is 19.4. The van der Waals surface area contributed by atoms with Crippen molar-refractivity contribution in [3.63, 3.8) is 0 Å². The number of amides is 2. The molecule has 0 aliphatic heterocycles. The zero-order valence-corrected chi connectivity index (χ0v) is 19.4. The zero-order chi connectivity index (χ0) is 24.3. The summed E-state index contributed by atoms with van der Waals surface area (Å²) in [7, 11) is 0. The fourth-order valence-electron chi connectivity index (χ4n) is 4.43. The van der Waals surface area contributed by atoms with Crippen LogP contribution in [0.4, 0.5) is 4.79 Å². The van der Waals surface area contributed by atoms with Crippen LogP contribution in [0.25, 0.3) is 11.1 Å². The van der Waals surface area contributed by atoms with E-state index in [2.05, 4.69) is 46.8 Å². The van der Waals surface area contributed by atoms with Crippen LogP contribution in [0.1, 0.15) is 56.1 Å². The molecule has 0 heterocycles. The number of fused-ring (bicyclic) bond motifs is 3. The minimum Gasteiger partial charge on any atom is -0.479 e. The van der Waals surface area contributed by atoms with Gasteiger partial charge in [-0.3, -0.25) is 9.63 Å². The molecule has 8 heteroatoms. The smallest absolute Gasteiger partial charge is 0.407 e. The molecule has 2 amide bonds. The number of ether oxygens (including phenoxy) is 1. The number of carbonyl (C=O) groups excluding carboxylic acids is 2. The Hall–Kier alpha value is -3.39. The average Bonchev–Trinajstić information content (AvgIpc) is 3.15. The van der Waals surface area contributed by atoms with Crippen molar-refractivity contribution in [3.05, 3.63) is 59.7 Å². The molecule has 3 rings (SSSR count). The van der Waals surface area contributed by atoms with Gasteiger partial charge in [0.2, 0.25) is 5.91 Å². The van der Waals surface area contributed by atoms with Crippen molar-refractivity contribution < 1.29 is 29.1 Å². The topological polar surface area (TPSA) is 114 Å². The molecule has 2 aromatic rings. The summed E-state index contributed by atoms with van der Waals surface area (Å²) in [6.07, 6.45) is 3.03. The maximum atomic E-state index is 12.3. The van der Waals surface area contributed by atoms with Crippen molar-refractivity contribution >= 4 is 18.0 Å². The number of hydrogen-bond acceptors (Lipinski definition) is 5. The van der Waals surface area contributed by atoms with Crippen molar-refractivity contribution in [2.45, 2.75) is 44.9 Å². The Morgan fingerprint density at radius 3 is 2.24 bits per heavy atom. The average molecular weight is 469 g/mol. The molecule has 0 spiro atoms. The number of nitrogens with one attached hydrogen (secondary N) is 2. The first-order chi connectivity index (χ1) is 16.5. The Balaban J connectivity index is 1.41. The molecule has 1 aliphatic carbocycles. The molecular weight excluding hydrogens is 436 g/mol. The maximum absolute atomic E-state index is 12.3. The van der Waals surface area contributed by atoms with Crippen LogP contribution in [0, 0.1) is 5.92 Å². The highest BCUT2D eigenvalue weighted by Crippen LogP contribution is 2.44. The van der Waals surface area contributed by atoms with Gasteiger partial charge in [-0.1, -0.05) is 68.3 Å². The summed E-state index contributed by atoms with van der Waals surface area (Å²) in [5.74, 6) is -1.23. The van der Waals surface area contributed by atoms with Gasteiger partial charge in [0.1, 0.15) is 6.61 Å². The molecule has 1 aliphatic rings. The van der Waals surface area contributed by atoms with Crippen molar-refractivity contribution in [1.82, 2.24) is 10.8 Å². The van der Waals surface area contributed by atoms with E-state index in [1.807, 2.05) is 24.3 Å². The number of aliphatic carboxylic acids is 1. The van der Waals surface area contributed by atoms with Crippen LogP contribution in [0.3, 0.4) is 0 Å². The second-order valence-electron chi connectivity index (χ2n) is 8.44. The number of alkyl carbamates (subject to hydrolysis) is 1. The van der Waals surface area contributed by atoms with E-state index < -0.39 is 18.7 Å². The fraction of sp³-hybridized carbons (Fsp3) is 0.423. The van der Waals surface area contributed by atoms with E-state index in [0.717, 1.165) is 19.3 Å². The van der Waals surface area contributed by atoms with Crippen LogP contribution in [-0.2, 0) is 19.2 Å². The molecule has 1 atom stereocenters. The molecule has 3 N–H and O–H groups in total. The van der Waals surface area contributed by atoms with E-state index in [9.17, 15) is 14.4 Å². The van der Waals surface area contributed by atoms with Gasteiger partial charge < -0.3 is 15.2 Å². The predicted molar refractivity (Wildman–Crippen MR) is 127 cm³/mol. The summed E-state index contributed by atoms with van der Waals surface area (Å²) in [4.78, 5) is 39.1. The Morgan fingerprint density at radius 1 is 0.971 bits per heavy atom. The molecular formula is C26H32N2O6. The predicted octanol–water partition coefficient (Wildman–Crippen LogP) is 4.24. The van der Waals surface area contributed by atoms with Crippen LogP contribution >= 0.6 is 0 Å². The van der Waals surface area contributed by atoms with Crippen LogP contribution in [0.5, 0.6) is 0 Å². The quantitative estimate of drug-likeness (QED) is 0.379. The van der Waals surface area contributed by atoms with Gasteiger partial charge in [-0.25, -0.2) is 15.1 Å². The monoisotopic (exact) mass is 468 g/mol. The van der Waals surface area contributed by atoms with Crippen molar-refractivity contribution in [2.24, 2.45) is 5.92 Å². The highest BCUT2D eigenvalue weighted by Gasteiger charge is 2.29. The Kier molecular flexibility index (Phi) is 9.46. The summed E-state index contributed by atoms with van der Waals surface area (Å²) in [6, 6.07) is 16.4. The van der Waals surface area contributed by atoms with Gasteiger partial charge in [-0.2, -0.15) is 0 Å². The number of hydroxylamine groups is 1. The molecule has 0 saturated carbocycles. The fourth-order valence-corrected chi connectivity index (χ4v) is 4.43. The number of hydrogen-bond donors (Lipinski definition) is 3. The minimum absolute atomic E-state index is 0.0212. The molecule has 0 fully saturated rings. The summed E-state index contributed by atoms with van der Waals surface area (Å²) in [5, 5.41) is 11.3. The van der Waals surface area contributed by atoms with Crippen molar-refractivity contribution in [1.29, 1.82) is 0 Å². The van der Waals surface area contributed by atoms with Crippen LogP contribution in [0.2, 0.25) is 0 Å². The summed E-state index contributed by atoms with van der Waals surface area (Å²) in [6.45, 7) is 2.23. The van der Waals surface area contributed by atoms with Crippen molar-refractivity contribution in [2.75, 3.05) is 19.8 Å². The number of carbonyl (C=O) groups is 3. The molecule has 2 aromatic carbocycles. The van der Waals surface area contributed by atoms with Gasteiger partial charge >= 0.3 is 12.1 Å². The molecule has 0 saturated heterocycles. The number of rotatable bonds is 13. The van der Waals surface area contributed by atoms with Gasteiger partial charge in [0, 0.05) is 18.9 Å². The molecule has 8 nitrogen and oxygen atoms in total. The Morgan fingerprint density at radius 2 is 1.62 bits per heavy atom. The summed E-state index contributed by atoms with van der Waals surface area (Å²) >= 11 is 0. The van der Waals surface area contributed by atoms with E-state index in [-0.39, 0.29) is 30.8 Å². The highest BCUT2D eigenvalue weighted by atomic mass is 16.7. The van der Waals surface area contributed by atoms with Gasteiger partial charge in [-0.15, -0.1) is 0 Å². The van der Waals surface area contributed by atoms with E-state index >= 15 is 0 Å². The third-order valence-corrected chi connectivity index (χ3v) is 6.02. The third kappa shape index (κ3) is 7.05. The first-order valence-corrected chi connectivity index (χ1v) is 11.7. The van der Waals surface area contributed by atoms with E-state index in [4.69, 9.17) is 9.84 Å². The lowest BCUT2D eigenvalue weighted by molar-refractivity contribution is -0.149. The molecule has 0 aromatic heterocycles. The van der Waals surface area contributed by atoms with Crippen LogP contribution in [0.15, 0.2) is 48.5 Å². The molecule has 182 valence electrons. The lowest BCUT2D eigenvalue weighted by atomic mass is 9.94. The van der Waals surface area contributed by atoms with Gasteiger partial charge in [0.05, 0.1) is 0 Å². The summed E-state index contributed by atoms with van der Waals surface area (Å²) in [5.41, 5.74) is 6.85.